The van der Waals surface area contributed by atoms with Gasteiger partial charge in [-0.3, -0.25) is 4.90 Å². The van der Waals surface area contributed by atoms with E-state index >= 15 is 0 Å². The van der Waals surface area contributed by atoms with Crippen LogP contribution < -0.4 is 11.1 Å². The Labute approximate surface area is 148 Å². The largest absolute Gasteiger partial charge is 0.383 e. The second kappa shape index (κ2) is 7.09. The quantitative estimate of drug-likeness (QED) is 0.797. The van der Waals surface area contributed by atoms with E-state index in [1.165, 1.54) is 11.1 Å². The molecule has 0 radical (unpaired) electrons. The molecule has 2 aromatic rings. The summed E-state index contributed by atoms with van der Waals surface area (Å²) in [7, 11) is 0. The van der Waals surface area contributed by atoms with Crippen LogP contribution >= 0.6 is 0 Å². The van der Waals surface area contributed by atoms with E-state index in [0.717, 1.165) is 81.8 Å². The zero-order valence-electron chi connectivity index (χ0n) is 14.8. The third-order valence-corrected chi connectivity index (χ3v) is 5.19. The van der Waals surface area contributed by atoms with Crippen LogP contribution in [-0.2, 0) is 17.6 Å². The van der Waals surface area contributed by atoms with Crippen LogP contribution in [-0.4, -0.2) is 59.2 Å². The number of nitrogens with zero attached hydrogens (tertiary/aromatic N) is 4. The minimum Gasteiger partial charge on any atom is -0.383 e. The maximum absolute atomic E-state index is 6.25. The third kappa shape index (κ3) is 3.39. The van der Waals surface area contributed by atoms with E-state index in [1.807, 2.05) is 0 Å². The molecule has 25 heavy (non-hydrogen) atoms. The van der Waals surface area contributed by atoms with Crippen molar-refractivity contribution in [3.63, 3.8) is 0 Å². The maximum atomic E-state index is 6.25. The minimum absolute atomic E-state index is 0.548. The normalized spacial score (nSPS) is 17.8. The summed E-state index contributed by atoms with van der Waals surface area (Å²) < 4.78 is 5.37. The number of rotatable bonds is 5. The fourth-order valence-corrected chi connectivity index (χ4v) is 3.89. The van der Waals surface area contributed by atoms with Crippen LogP contribution in [0.15, 0.2) is 0 Å². The molecule has 0 aromatic carbocycles. The number of aromatic nitrogens is 3. The Bertz CT molecular complexity index is 772. The van der Waals surface area contributed by atoms with Crippen molar-refractivity contribution in [2.45, 2.75) is 32.6 Å². The second-order valence-electron chi connectivity index (χ2n) is 6.87. The molecule has 7 nitrogen and oxygen atoms in total. The van der Waals surface area contributed by atoms with Gasteiger partial charge in [0.1, 0.15) is 5.82 Å². The van der Waals surface area contributed by atoms with E-state index in [-0.39, 0.29) is 0 Å². The molecule has 0 amide bonds. The van der Waals surface area contributed by atoms with Crippen molar-refractivity contribution in [2.75, 3.05) is 50.4 Å². The lowest BCUT2D eigenvalue weighted by atomic mass is 10.1. The third-order valence-electron chi connectivity index (χ3n) is 5.19. The van der Waals surface area contributed by atoms with Gasteiger partial charge < -0.3 is 15.8 Å². The number of ether oxygens (including phenoxy) is 1. The number of hydrogen-bond acceptors (Lipinski definition) is 7. The number of morpholine rings is 1. The van der Waals surface area contributed by atoms with Crippen molar-refractivity contribution in [2.24, 2.45) is 0 Å². The van der Waals surface area contributed by atoms with Crippen molar-refractivity contribution < 1.29 is 4.74 Å². The highest BCUT2D eigenvalue weighted by atomic mass is 16.5. The SMILES string of the molecule is Cc1nc2nc(NCCCN3CCOCC3)nc(N)c2c2c1CCC2. The van der Waals surface area contributed by atoms with Gasteiger partial charge in [-0.05, 0) is 50.3 Å². The lowest BCUT2D eigenvalue weighted by Gasteiger charge is -2.26. The fourth-order valence-electron chi connectivity index (χ4n) is 3.89. The molecular weight excluding hydrogens is 316 g/mol. The molecule has 0 unspecified atom stereocenters. The number of anilines is 2. The van der Waals surface area contributed by atoms with Crippen molar-refractivity contribution in [3.8, 4) is 0 Å². The smallest absolute Gasteiger partial charge is 0.226 e. The molecule has 2 aromatic heterocycles. The minimum atomic E-state index is 0.548. The molecular formula is C18H26N6O. The van der Waals surface area contributed by atoms with E-state index in [2.05, 4.69) is 32.1 Å². The Hall–Kier alpha value is -1.99. The summed E-state index contributed by atoms with van der Waals surface area (Å²) in [5.41, 5.74) is 10.7. The molecule has 3 heterocycles. The van der Waals surface area contributed by atoms with Crippen LogP contribution in [0, 0.1) is 6.92 Å². The first kappa shape index (κ1) is 16.5. The Morgan fingerprint density at radius 1 is 1.12 bits per heavy atom. The van der Waals surface area contributed by atoms with Gasteiger partial charge in [-0.2, -0.15) is 9.97 Å². The summed E-state index contributed by atoms with van der Waals surface area (Å²) >= 11 is 0. The monoisotopic (exact) mass is 342 g/mol. The number of nitrogens with one attached hydrogen (secondary N) is 1. The van der Waals surface area contributed by atoms with Crippen LogP contribution in [0.1, 0.15) is 29.7 Å². The Kier molecular flexibility index (Phi) is 4.67. The molecule has 2 aliphatic rings. The standard InChI is InChI=1S/C18H26N6O/c1-12-13-4-2-5-14(13)15-16(19)22-18(23-17(15)21-12)20-6-3-7-24-8-10-25-11-9-24/h2-11H2,1H3,(H3,19,20,21,22,23). The summed E-state index contributed by atoms with van der Waals surface area (Å²) in [5.74, 6) is 1.13. The average Bonchev–Trinajstić information content (AvgIpc) is 3.09. The molecule has 0 bridgehead atoms. The molecule has 0 spiro atoms. The summed E-state index contributed by atoms with van der Waals surface area (Å²) in [5, 5.41) is 4.26. The highest BCUT2D eigenvalue weighted by molar-refractivity contribution is 5.91. The Morgan fingerprint density at radius 3 is 2.76 bits per heavy atom. The molecule has 134 valence electrons. The molecule has 0 atom stereocenters. The summed E-state index contributed by atoms with van der Waals surface area (Å²) in [6.07, 6.45) is 4.34. The molecule has 1 aliphatic carbocycles. The highest BCUT2D eigenvalue weighted by Gasteiger charge is 2.21. The number of nitrogens with two attached hydrogens (primary N) is 1. The number of aryl methyl sites for hydroxylation is 2. The fraction of sp³-hybridized carbons (Fsp3) is 0.611. The van der Waals surface area contributed by atoms with Gasteiger partial charge in [0.2, 0.25) is 5.95 Å². The molecule has 3 N–H and O–H groups in total. The number of nitrogen functional groups attached to an aromatic ring is 1. The van der Waals surface area contributed by atoms with Crippen LogP contribution in [0.2, 0.25) is 0 Å². The van der Waals surface area contributed by atoms with E-state index in [1.54, 1.807) is 0 Å². The van der Waals surface area contributed by atoms with Gasteiger partial charge in [-0.25, -0.2) is 4.98 Å². The second-order valence-corrected chi connectivity index (χ2v) is 6.87. The Balaban J connectivity index is 1.45. The van der Waals surface area contributed by atoms with Gasteiger partial charge >= 0.3 is 0 Å². The van der Waals surface area contributed by atoms with Crippen molar-refractivity contribution >= 4 is 22.8 Å². The molecule has 0 saturated carbocycles. The maximum Gasteiger partial charge on any atom is 0.226 e. The van der Waals surface area contributed by atoms with E-state index in [4.69, 9.17) is 10.5 Å². The zero-order valence-corrected chi connectivity index (χ0v) is 14.8. The van der Waals surface area contributed by atoms with Gasteiger partial charge in [0.05, 0.1) is 18.6 Å². The number of fused-ring (bicyclic) bond motifs is 3. The van der Waals surface area contributed by atoms with Crippen molar-refractivity contribution in [3.05, 3.63) is 16.8 Å². The Morgan fingerprint density at radius 2 is 1.92 bits per heavy atom. The average molecular weight is 342 g/mol. The highest BCUT2D eigenvalue weighted by Crippen LogP contribution is 2.33. The molecule has 1 aliphatic heterocycles. The number of pyridine rings is 1. The van der Waals surface area contributed by atoms with Crippen LogP contribution in [0.4, 0.5) is 11.8 Å². The first-order valence-electron chi connectivity index (χ1n) is 9.22. The molecule has 1 fully saturated rings. The summed E-state index contributed by atoms with van der Waals surface area (Å²) in [6, 6.07) is 0. The van der Waals surface area contributed by atoms with Gasteiger partial charge in [0.25, 0.3) is 0 Å². The number of hydrogen-bond donors (Lipinski definition) is 2. The molecule has 1 saturated heterocycles. The van der Waals surface area contributed by atoms with E-state index in [9.17, 15) is 0 Å². The van der Waals surface area contributed by atoms with Gasteiger partial charge in [0.15, 0.2) is 5.65 Å². The first-order valence-corrected chi connectivity index (χ1v) is 9.22. The van der Waals surface area contributed by atoms with Crippen molar-refractivity contribution in [1.29, 1.82) is 0 Å². The zero-order chi connectivity index (χ0) is 17.2. The predicted octanol–water partition coefficient (Wildman–Crippen LogP) is 1.54. The van der Waals surface area contributed by atoms with Gasteiger partial charge in [-0.15, -0.1) is 0 Å². The van der Waals surface area contributed by atoms with Crippen molar-refractivity contribution in [1.82, 2.24) is 19.9 Å². The molecule has 7 heteroatoms. The topological polar surface area (TPSA) is 89.2 Å². The lowest BCUT2D eigenvalue weighted by molar-refractivity contribution is 0.0378. The van der Waals surface area contributed by atoms with Crippen LogP contribution in [0.3, 0.4) is 0 Å². The predicted molar refractivity (Wildman–Crippen MR) is 98.9 cm³/mol. The lowest BCUT2D eigenvalue weighted by Crippen LogP contribution is -2.37. The molecule has 4 rings (SSSR count). The van der Waals surface area contributed by atoms with E-state index in [0.29, 0.717) is 11.8 Å². The first-order chi connectivity index (χ1) is 12.2. The van der Waals surface area contributed by atoms with Crippen LogP contribution in [0.5, 0.6) is 0 Å². The van der Waals surface area contributed by atoms with E-state index < -0.39 is 0 Å². The van der Waals surface area contributed by atoms with Gasteiger partial charge in [0, 0.05) is 25.3 Å². The summed E-state index contributed by atoms with van der Waals surface area (Å²) in [6.45, 7) is 7.68. The van der Waals surface area contributed by atoms with Gasteiger partial charge in [-0.1, -0.05) is 0 Å². The van der Waals surface area contributed by atoms with Crippen LogP contribution in [0.25, 0.3) is 11.0 Å². The summed E-state index contributed by atoms with van der Waals surface area (Å²) in [4.78, 5) is 16.2.